The first-order valence-corrected chi connectivity index (χ1v) is 17.5. The van der Waals surface area contributed by atoms with E-state index in [1.54, 1.807) is 4.68 Å². The number of hydrogen-bond acceptors (Lipinski definition) is 9. The van der Waals surface area contributed by atoms with E-state index < -0.39 is 17.2 Å². The minimum absolute atomic E-state index is 0.00980. The van der Waals surface area contributed by atoms with E-state index >= 15 is 0 Å². The summed E-state index contributed by atoms with van der Waals surface area (Å²) in [5.74, 6) is 0.133. The van der Waals surface area contributed by atoms with Crippen LogP contribution in [0.1, 0.15) is 132 Å². The van der Waals surface area contributed by atoms with E-state index in [4.69, 9.17) is 16.2 Å². The van der Waals surface area contributed by atoms with Crippen molar-refractivity contribution in [2.75, 3.05) is 19.7 Å². The maximum atomic E-state index is 12.4. The van der Waals surface area contributed by atoms with Crippen molar-refractivity contribution in [2.24, 2.45) is 17.4 Å². The SMILES string of the molecule is CCCC(C)C(=O)C(N)CCCCNC(=O)CCc1cn(C(C)(C)COC(C)(C)CCC(=O)NCCCCC(N)NC(C)C)nn1. The summed E-state index contributed by atoms with van der Waals surface area (Å²) in [5, 5.41) is 17.8. The Kier molecular flexibility index (Phi) is 19.4. The Morgan fingerprint density at radius 1 is 0.913 bits per heavy atom. The van der Waals surface area contributed by atoms with Gasteiger partial charge < -0.3 is 26.8 Å². The molecule has 3 unspecified atom stereocenters. The van der Waals surface area contributed by atoms with Gasteiger partial charge in [-0.25, -0.2) is 4.68 Å². The average Bonchev–Trinajstić information content (AvgIpc) is 3.47. The highest BCUT2D eigenvalue weighted by Crippen LogP contribution is 2.22. The van der Waals surface area contributed by atoms with Gasteiger partial charge in [-0.2, -0.15) is 0 Å². The van der Waals surface area contributed by atoms with Gasteiger partial charge in [0.15, 0.2) is 5.78 Å². The molecule has 0 radical (unpaired) electrons. The minimum Gasteiger partial charge on any atom is -0.373 e. The summed E-state index contributed by atoms with van der Waals surface area (Å²) < 4.78 is 8.02. The highest BCUT2D eigenvalue weighted by atomic mass is 16.5. The van der Waals surface area contributed by atoms with Gasteiger partial charge in [0.25, 0.3) is 0 Å². The molecule has 2 amide bonds. The van der Waals surface area contributed by atoms with Gasteiger partial charge in [0, 0.05) is 50.5 Å². The lowest BCUT2D eigenvalue weighted by atomic mass is 9.93. The summed E-state index contributed by atoms with van der Waals surface area (Å²) in [6.07, 6.45) is 10.5. The van der Waals surface area contributed by atoms with Crippen molar-refractivity contribution in [3.8, 4) is 0 Å². The van der Waals surface area contributed by atoms with Crippen molar-refractivity contribution in [3.63, 3.8) is 0 Å². The van der Waals surface area contributed by atoms with Crippen molar-refractivity contribution >= 4 is 17.6 Å². The normalized spacial score (nSPS) is 14.2. The fourth-order valence-electron chi connectivity index (χ4n) is 5.08. The Bertz CT molecular complexity index is 1030. The number of ether oxygens (including phenoxy) is 1. The molecule has 0 saturated heterocycles. The Morgan fingerprint density at radius 3 is 2.13 bits per heavy atom. The van der Waals surface area contributed by atoms with Gasteiger partial charge >= 0.3 is 0 Å². The molecule has 266 valence electrons. The first-order chi connectivity index (χ1) is 21.6. The van der Waals surface area contributed by atoms with Crippen LogP contribution in [0.15, 0.2) is 6.20 Å². The summed E-state index contributed by atoms with van der Waals surface area (Å²) in [4.78, 5) is 37.0. The average molecular weight is 651 g/mol. The Hall–Kier alpha value is -2.41. The second kappa shape index (κ2) is 21.5. The third-order valence-corrected chi connectivity index (χ3v) is 8.19. The summed E-state index contributed by atoms with van der Waals surface area (Å²) in [6, 6.07) is -0.0583. The number of aryl methyl sites for hydroxylation is 1. The molecule has 0 spiro atoms. The van der Waals surface area contributed by atoms with Crippen molar-refractivity contribution in [1.29, 1.82) is 0 Å². The maximum absolute atomic E-state index is 12.4. The third-order valence-electron chi connectivity index (χ3n) is 8.19. The molecule has 7 N–H and O–H groups in total. The molecule has 0 aliphatic rings. The fraction of sp³-hybridized carbons (Fsp3) is 0.853. The molecule has 12 heteroatoms. The molecule has 0 saturated carbocycles. The lowest BCUT2D eigenvalue weighted by Crippen LogP contribution is -2.41. The van der Waals surface area contributed by atoms with E-state index in [1.165, 1.54) is 0 Å². The quantitative estimate of drug-likeness (QED) is 0.0738. The molecule has 0 fully saturated rings. The number of nitrogens with two attached hydrogens (primary N) is 2. The molecule has 0 bridgehead atoms. The predicted molar refractivity (Wildman–Crippen MR) is 184 cm³/mol. The molecule has 1 heterocycles. The lowest BCUT2D eigenvalue weighted by Gasteiger charge is -2.31. The van der Waals surface area contributed by atoms with Crippen LogP contribution in [-0.2, 0) is 31.1 Å². The number of carbonyl (C=O) groups is 3. The first-order valence-electron chi connectivity index (χ1n) is 17.5. The van der Waals surface area contributed by atoms with Crippen LogP contribution in [0.5, 0.6) is 0 Å². The number of unbranched alkanes of at least 4 members (excludes halogenated alkanes) is 2. The van der Waals surface area contributed by atoms with Crippen LogP contribution in [0.2, 0.25) is 0 Å². The van der Waals surface area contributed by atoms with Crippen LogP contribution in [0.4, 0.5) is 0 Å². The van der Waals surface area contributed by atoms with Crippen LogP contribution in [0, 0.1) is 5.92 Å². The van der Waals surface area contributed by atoms with E-state index in [2.05, 4.69) is 47.0 Å². The Labute approximate surface area is 278 Å². The summed E-state index contributed by atoms with van der Waals surface area (Å²) >= 11 is 0. The van der Waals surface area contributed by atoms with Crippen molar-refractivity contribution in [3.05, 3.63) is 11.9 Å². The number of carbonyl (C=O) groups excluding carboxylic acids is 3. The number of nitrogens with zero attached hydrogens (tertiary/aromatic N) is 3. The molecule has 1 rings (SSSR count). The van der Waals surface area contributed by atoms with Gasteiger partial charge in [0.05, 0.1) is 35.6 Å². The predicted octanol–water partition coefficient (Wildman–Crippen LogP) is 3.71. The molecule has 1 aromatic heterocycles. The molecule has 12 nitrogen and oxygen atoms in total. The molecular weight excluding hydrogens is 584 g/mol. The van der Waals surface area contributed by atoms with Crippen molar-refractivity contribution < 1.29 is 19.1 Å². The first kappa shape index (κ1) is 41.6. The van der Waals surface area contributed by atoms with Crippen molar-refractivity contribution in [1.82, 2.24) is 30.9 Å². The van der Waals surface area contributed by atoms with E-state index in [0.717, 1.165) is 50.6 Å². The van der Waals surface area contributed by atoms with Gasteiger partial charge in [0.2, 0.25) is 11.8 Å². The molecule has 46 heavy (non-hydrogen) atoms. The topological polar surface area (TPSA) is 179 Å². The number of amides is 2. The van der Waals surface area contributed by atoms with Crippen molar-refractivity contribution in [2.45, 2.75) is 162 Å². The number of aromatic nitrogens is 3. The highest BCUT2D eigenvalue weighted by Gasteiger charge is 2.28. The summed E-state index contributed by atoms with van der Waals surface area (Å²) in [7, 11) is 0. The van der Waals surface area contributed by atoms with E-state index in [1.807, 2.05) is 40.8 Å². The van der Waals surface area contributed by atoms with Gasteiger partial charge in [-0.15, -0.1) is 5.10 Å². The van der Waals surface area contributed by atoms with Crippen LogP contribution < -0.4 is 27.4 Å². The van der Waals surface area contributed by atoms with E-state index in [-0.39, 0.29) is 29.7 Å². The van der Waals surface area contributed by atoms with Gasteiger partial charge in [-0.1, -0.05) is 25.5 Å². The maximum Gasteiger partial charge on any atom is 0.220 e. The zero-order valence-corrected chi connectivity index (χ0v) is 30.1. The van der Waals surface area contributed by atoms with Gasteiger partial charge in [-0.05, 0) is 92.9 Å². The van der Waals surface area contributed by atoms with Gasteiger partial charge in [-0.3, -0.25) is 19.7 Å². The summed E-state index contributed by atoms with van der Waals surface area (Å²) in [6.45, 7) is 17.8. The monoisotopic (exact) mass is 651 g/mol. The van der Waals surface area contributed by atoms with Crippen LogP contribution >= 0.6 is 0 Å². The highest BCUT2D eigenvalue weighted by molar-refractivity contribution is 5.85. The van der Waals surface area contributed by atoms with Gasteiger partial charge in [0.1, 0.15) is 0 Å². The van der Waals surface area contributed by atoms with Crippen LogP contribution in [0.25, 0.3) is 0 Å². The smallest absolute Gasteiger partial charge is 0.220 e. The molecular formula is C34H66N8O4. The molecule has 0 aromatic carbocycles. The van der Waals surface area contributed by atoms with Crippen LogP contribution in [-0.4, -0.2) is 76.1 Å². The van der Waals surface area contributed by atoms with E-state index in [0.29, 0.717) is 57.8 Å². The number of rotatable bonds is 26. The number of Topliss-reactive ketones (excluding diaryl/α,β-unsaturated/α-hetero) is 1. The van der Waals surface area contributed by atoms with E-state index in [9.17, 15) is 14.4 Å². The Balaban J connectivity index is 2.31. The van der Waals surface area contributed by atoms with Crippen LogP contribution in [0.3, 0.4) is 0 Å². The molecule has 0 aliphatic carbocycles. The number of hydrogen-bond donors (Lipinski definition) is 5. The Morgan fingerprint density at radius 2 is 1.52 bits per heavy atom. The third kappa shape index (κ3) is 18.1. The number of nitrogens with one attached hydrogen (secondary N) is 3. The fourth-order valence-corrected chi connectivity index (χ4v) is 5.08. The number of ketones is 1. The molecule has 1 aromatic rings. The largest absolute Gasteiger partial charge is 0.373 e. The second-order valence-corrected chi connectivity index (χ2v) is 14.3. The zero-order valence-electron chi connectivity index (χ0n) is 30.1. The standard InChI is InChI=1S/C34H66N8O4/c1-9-14-26(4)32(45)28(35)15-10-12-21-37-30(43)18-17-27-23-42(41-40-27)33(5,6)24-46-34(7,8)20-19-31(44)38-22-13-11-16-29(36)39-25(2)3/h23,25-26,28-29,39H,9-22,24,35-36H2,1-8H3,(H,37,43)(H,38,44). The minimum atomic E-state index is -0.487. The molecule has 0 aliphatic heterocycles. The lowest BCUT2D eigenvalue weighted by molar-refractivity contribution is -0.124. The molecule has 3 atom stereocenters. The summed E-state index contributed by atoms with van der Waals surface area (Å²) in [5.41, 5.74) is 11.9. The zero-order chi connectivity index (χ0) is 34.8. The second-order valence-electron chi connectivity index (χ2n) is 14.3.